The molecule has 7 nitrogen and oxygen atoms in total. The largest absolute Gasteiger partial charge is 0.423 e. The predicted molar refractivity (Wildman–Crippen MR) is 108 cm³/mol. The summed E-state index contributed by atoms with van der Waals surface area (Å²) in [5.74, 6) is 0. The van der Waals surface area contributed by atoms with E-state index in [4.69, 9.17) is 15.2 Å². The van der Waals surface area contributed by atoms with Gasteiger partial charge in [-0.25, -0.2) is 4.68 Å². The number of hydrogen-bond acceptors (Lipinski definition) is 6. The Balaban J connectivity index is 2.23. The Morgan fingerprint density at radius 2 is 2.00 bits per heavy atom. The fourth-order valence-corrected chi connectivity index (χ4v) is 3.97. The van der Waals surface area contributed by atoms with Crippen molar-refractivity contribution in [1.82, 2.24) is 9.78 Å². The zero-order valence-electron chi connectivity index (χ0n) is 17.3. The second-order valence-electron chi connectivity index (χ2n) is 8.41. The average Bonchev–Trinajstić information content (AvgIpc) is 3.06. The normalized spacial score (nSPS) is 17.9. The van der Waals surface area contributed by atoms with Crippen LogP contribution in [0.25, 0.3) is 0 Å². The molecule has 0 radical (unpaired) electrons. The number of rotatable bonds is 10. The fourth-order valence-electron chi connectivity index (χ4n) is 3.21. The number of ether oxygens (including phenoxy) is 2. The number of anilines is 1. The topological polar surface area (TPSA) is 82.6 Å². The molecule has 29 heavy (non-hydrogen) atoms. The van der Waals surface area contributed by atoms with E-state index < -0.39 is 25.4 Å². The van der Waals surface area contributed by atoms with Crippen LogP contribution in [0.5, 0.6) is 0 Å². The first-order valence-electron chi connectivity index (χ1n) is 9.84. The van der Waals surface area contributed by atoms with Gasteiger partial charge >= 0.3 is 6.18 Å². The molecule has 1 fully saturated rings. The van der Waals surface area contributed by atoms with Gasteiger partial charge in [-0.3, -0.25) is 4.79 Å². The Labute approximate surface area is 170 Å². The number of nitrogens with zero attached hydrogens (tertiary/aromatic N) is 3. The molecule has 166 valence electrons. The van der Waals surface area contributed by atoms with E-state index in [1.807, 2.05) is 0 Å². The molecule has 0 spiro atoms. The standard InChI is InChI=1S/C18H31F3N4O3Si/c1-29(2,3)10-9-28-13-25-17(26)16(18(19,20)21)15(11-23-25)24-7-4-5-14(24)12-27-8-6-22/h11,14H,4-10,12-13,22H2,1-3H3/t14-/m0/s1. The van der Waals surface area contributed by atoms with Crippen molar-refractivity contribution in [3.63, 3.8) is 0 Å². The maximum absolute atomic E-state index is 13.8. The van der Waals surface area contributed by atoms with Gasteiger partial charge in [0.15, 0.2) is 0 Å². The summed E-state index contributed by atoms with van der Waals surface area (Å²) in [6, 6.07) is 0.609. The summed E-state index contributed by atoms with van der Waals surface area (Å²) >= 11 is 0. The summed E-state index contributed by atoms with van der Waals surface area (Å²) in [4.78, 5) is 14.2. The van der Waals surface area contributed by atoms with E-state index in [0.29, 0.717) is 32.7 Å². The quantitative estimate of drug-likeness (QED) is 0.448. The van der Waals surface area contributed by atoms with Gasteiger partial charge in [0.2, 0.25) is 0 Å². The molecule has 0 aliphatic carbocycles. The summed E-state index contributed by atoms with van der Waals surface area (Å²) in [5.41, 5.74) is 2.82. The molecule has 11 heteroatoms. The molecule has 0 unspecified atom stereocenters. The van der Waals surface area contributed by atoms with E-state index in [0.717, 1.165) is 23.3 Å². The van der Waals surface area contributed by atoms with Crippen LogP contribution in [0.2, 0.25) is 25.7 Å². The highest BCUT2D eigenvalue weighted by Gasteiger charge is 2.41. The van der Waals surface area contributed by atoms with Gasteiger partial charge in [-0.2, -0.15) is 18.3 Å². The Bertz CT molecular complexity index is 722. The van der Waals surface area contributed by atoms with Crippen LogP contribution >= 0.6 is 0 Å². The Morgan fingerprint density at radius 1 is 1.28 bits per heavy atom. The van der Waals surface area contributed by atoms with Crippen LogP contribution in [0, 0.1) is 0 Å². The molecule has 1 aromatic rings. The SMILES string of the molecule is C[Si](C)(C)CCOCn1ncc(N2CCC[C@H]2COCCN)c(C(F)(F)F)c1=O. The number of halogens is 3. The van der Waals surface area contributed by atoms with Crippen molar-refractivity contribution in [2.45, 2.75) is 57.5 Å². The highest BCUT2D eigenvalue weighted by atomic mass is 28.3. The molecule has 0 aromatic carbocycles. The van der Waals surface area contributed by atoms with Crippen LogP contribution in [0.1, 0.15) is 18.4 Å². The molecule has 2 rings (SSSR count). The number of aromatic nitrogens is 2. The minimum absolute atomic E-state index is 0.195. The molecule has 1 aliphatic heterocycles. The fraction of sp³-hybridized carbons (Fsp3) is 0.778. The number of nitrogens with two attached hydrogens (primary N) is 1. The summed E-state index contributed by atoms with van der Waals surface area (Å²) in [7, 11) is -1.34. The highest BCUT2D eigenvalue weighted by Crippen LogP contribution is 2.36. The highest BCUT2D eigenvalue weighted by molar-refractivity contribution is 6.76. The van der Waals surface area contributed by atoms with Crippen LogP contribution in [0.4, 0.5) is 18.9 Å². The summed E-state index contributed by atoms with van der Waals surface area (Å²) in [5, 5.41) is 3.95. The van der Waals surface area contributed by atoms with Gasteiger partial charge in [0, 0.05) is 27.8 Å². The molecule has 2 N–H and O–H groups in total. The lowest BCUT2D eigenvalue weighted by Crippen LogP contribution is -2.39. The molecule has 2 heterocycles. The van der Waals surface area contributed by atoms with E-state index >= 15 is 0 Å². The van der Waals surface area contributed by atoms with Gasteiger partial charge in [0.1, 0.15) is 12.3 Å². The van der Waals surface area contributed by atoms with Gasteiger partial charge in [-0.15, -0.1) is 0 Å². The summed E-state index contributed by atoms with van der Waals surface area (Å²) < 4.78 is 52.9. The average molecular weight is 437 g/mol. The van der Waals surface area contributed by atoms with Crippen molar-refractivity contribution in [1.29, 1.82) is 0 Å². The molecular formula is C18H31F3N4O3Si. The monoisotopic (exact) mass is 436 g/mol. The Kier molecular flexibility index (Phi) is 8.26. The zero-order chi connectivity index (χ0) is 21.7. The first-order valence-corrected chi connectivity index (χ1v) is 13.5. The number of alkyl halides is 3. The van der Waals surface area contributed by atoms with Crippen LogP contribution in [-0.4, -0.2) is 56.8 Å². The van der Waals surface area contributed by atoms with E-state index in [1.165, 1.54) is 0 Å². The van der Waals surface area contributed by atoms with Crippen LogP contribution in [0.3, 0.4) is 0 Å². The first-order chi connectivity index (χ1) is 13.5. The van der Waals surface area contributed by atoms with Gasteiger partial charge in [-0.1, -0.05) is 19.6 Å². The molecule has 0 bridgehead atoms. The van der Waals surface area contributed by atoms with Crippen molar-refractivity contribution >= 4 is 13.8 Å². The lowest BCUT2D eigenvalue weighted by atomic mass is 10.2. The zero-order valence-corrected chi connectivity index (χ0v) is 18.3. The van der Waals surface area contributed by atoms with Gasteiger partial charge in [-0.05, 0) is 18.9 Å². The molecule has 0 saturated carbocycles. The molecular weight excluding hydrogens is 405 g/mol. The lowest BCUT2D eigenvalue weighted by molar-refractivity contribution is -0.138. The van der Waals surface area contributed by atoms with Gasteiger partial charge in [0.05, 0.1) is 31.1 Å². The third-order valence-corrected chi connectivity index (χ3v) is 6.48. The van der Waals surface area contributed by atoms with Crippen molar-refractivity contribution in [3.05, 3.63) is 22.1 Å². The van der Waals surface area contributed by atoms with Crippen molar-refractivity contribution in [2.75, 3.05) is 37.8 Å². The Morgan fingerprint density at radius 3 is 2.62 bits per heavy atom. The molecule has 1 aliphatic rings. The minimum Gasteiger partial charge on any atom is -0.378 e. The molecule has 1 aromatic heterocycles. The lowest BCUT2D eigenvalue weighted by Gasteiger charge is -2.28. The van der Waals surface area contributed by atoms with E-state index in [-0.39, 0.29) is 25.1 Å². The maximum Gasteiger partial charge on any atom is 0.423 e. The van der Waals surface area contributed by atoms with Gasteiger partial charge in [0.25, 0.3) is 5.56 Å². The summed E-state index contributed by atoms with van der Waals surface area (Å²) in [6.07, 6.45) is -2.27. The van der Waals surface area contributed by atoms with Crippen LogP contribution in [0.15, 0.2) is 11.0 Å². The van der Waals surface area contributed by atoms with E-state index in [9.17, 15) is 18.0 Å². The van der Waals surface area contributed by atoms with Crippen LogP contribution < -0.4 is 16.2 Å². The third-order valence-electron chi connectivity index (χ3n) is 4.78. The first kappa shape index (κ1) is 23.8. The van der Waals surface area contributed by atoms with Crippen LogP contribution in [-0.2, 0) is 22.4 Å². The van der Waals surface area contributed by atoms with E-state index in [2.05, 4.69) is 24.7 Å². The Hall–Kier alpha value is -1.43. The molecule has 1 saturated heterocycles. The smallest absolute Gasteiger partial charge is 0.378 e. The minimum atomic E-state index is -4.79. The second-order valence-corrected chi connectivity index (χ2v) is 14.0. The van der Waals surface area contributed by atoms with Crippen molar-refractivity contribution in [3.8, 4) is 0 Å². The molecule has 1 atom stereocenters. The van der Waals surface area contributed by atoms with E-state index in [1.54, 1.807) is 4.90 Å². The van der Waals surface area contributed by atoms with Crippen molar-refractivity contribution in [2.24, 2.45) is 5.73 Å². The van der Waals surface area contributed by atoms with Crippen molar-refractivity contribution < 1.29 is 22.6 Å². The second kappa shape index (κ2) is 10.1. The third kappa shape index (κ3) is 6.80. The maximum atomic E-state index is 13.8. The molecule has 0 amide bonds. The number of hydrogen-bond donors (Lipinski definition) is 1. The van der Waals surface area contributed by atoms with Gasteiger partial charge < -0.3 is 20.1 Å². The predicted octanol–water partition coefficient (Wildman–Crippen LogP) is 2.52. The summed E-state index contributed by atoms with van der Waals surface area (Å²) in [6.45, 7) is 7.95.